The van der Waals surface area contributed by atoms with Gasteiger partial charge in [-0.3, -0.25) is 0 Å². The first kappa shape index (κ1) is 48.8. The molecule has 0 aromatic heterocycles. The van der Waals surface area contributed by atoms with Gasteiger partial charge in [0.15, 0.2) is 14.1 Å². The maximum Gasteiger partial charge on any atom is 0.338 e. The van der Waals surface area contributed by atoms with Crippen LogP contribution < -0.4 is 4.74 Å². The summed E-state index contributed by atoms with van der Waals surface area (Å²) < 4.78 is 44.0. The molecule has 3 aromatic carbocycles. The van der Waals surface area contributed by atoms with Gasteiger partial charge in [-0.2, -0.15) is 0 Å². The number of hydrogen-bond donors (Lipinski definition) is 0. The van der Waals surface area contributed by atoms with E-state index in [9.17, 15) is 9.59 Å². The van der Waals surface area contributed by atoms with Gasteiger partial charge in [-0.25, -0.2) is 9.59 Å². The summed E-state index contributed by atoms with van der Waals surface area (Å²) in [4.78, 5) is 27.2. The lowest BCUT2D eigenvalue weighted by Gasteiger charge is -2.40. The molecule has 0 amide bonds. The van der Waals surface area contributed by atoms with E-state index in [-0.39, 0.29) is 17.1 Å². The fraction of sp³-hybridized carbons (Fsp3) is 0.510. The Balaban J connectivity index is 1.67. The third-order valence-corrected chi connectivity index (χ3v) is 17.4. The van der Waals surface area contributed by atoms with Gasteiger partial charge in [0.05, 0.1) is 43.7 Å². The zero-order valence-electron chi connectivity index (χ0n) is 38.5. The minimum Gasteiger partial charge on any atom is -0.497 e. The first-order chi connectivity index (χ1) is 28.0. The first-order valence-corrected chi connectivity index (χ1v) is 27.8. The van der Waals surface area contributed by atoms with Crippen molar-refractivity contribution in [2.45, 2.75) is 149 Å². The van der Waals surface area contributed by atoms with Crippen molar-refractivity contribution < 1.29 is 42.4 Å². The highest BCUT2D eigenvalue weighted by Crippen LogP contribution is 2.38. The quantitative estimate of drug-likeness (QED) is 0.0663. The summed E-state index contributed by atoms with van der Waals surface area (Å²) in [5.41, 5.74) is 4.64. The lowest BCUT2D eigenvalue weighted by Crippen LogP contribution is -2.46. The van der Waals surface area contributed by atoms with Gasteiger partial charge in [0, 0.05) is 8.07 Å². The second kappa shape index (κ2) is 20.8. The molecule has 0 N–H and O–H groups in total. The van der Waals surface area contributed by atoms with Gasteiger partial charge >= 0.3 is 11.9 Å². The molecule has 1 saturated heterocycles. The number of carbonyl (C=O) groups excluding carboxylic acids is 2. The van der Waals surface area contributed by atoms with Gasteiger partial charge in [-0.1, -0.05) is 107 Å². The second-order valence-corrected chi connectivity index (χ2v) is 29.5. The highest BCUT2D eigenvalue weighted by molar-refractivity contribution is 6.76. The molecule has 5 atom stereocenters. The highest BCUT2D eigenvalue weighted by atomic mass is 28.4. The van der Waals surface area contributed by atoms with Crippen LogP contribution in [0.1, 0.15) is 90.9 Å². The standard InChI is InChI=1S/C49H70O9Si2/c1-34-31-35(2)44(47(51)53-29-30-59(10,11)12)39(32-34)21-18-22-43-45(57-49(7,8)56-43)42(55-46(50)38-19-16-15-17-20-38)28-27-41(36(3)58-60(13,14)48(4,5)6)54-33-37-23-25-40(52-9)26-24-37/h15-21,23-28,31-32,36,41-43,45H,22,29-30,33H2,1-14H3/b21-18+,28-27-/t36-,41+,42?,43-,45+/m0/s1. The average molecular weight is 859 g/mol. The van der Waals surface area contributed by atoms with Crippen LogP contribution in [0.2, 0.25) is 43.8 Å². The first-order valence-electron chi connectivity index (χ1n) is 21.2. The normalized spacial score (nSPS) is 18.7. The highest BCUT2D eigenvalue weighted by Gasteiger charge is 2.46. The van der Waals surface area contributed by atoms with E-state index in [0.717, 1.165) is 34.0 Å². The van der Waals surface area contributed by atoms with E-state index < -0.39 is 52.6 Å². The summed E-state index contributed by atoms with van der Waals surface area (Å²) in [6.07, 6.45) is 5.28. The summed E-state index contributed by atoms with van der Waals surface area (Å²) in [6, 6.07) is 21.6. The number of hydrogen-bond acceptors (Lipinski definition) is 9. The maximum atomic E-state index is 13.7. The van der Waals surface area contributed by atoms with Crippen molar-refractivity contribution in [3.63, 3.8) is 0 Å². The monoisotopic (exact) mass is 858 g/mol. The number of benzene rings is 3. The molecule has 0 radical (unpaired) electrons. The molecule has 11 heteroatoms. The molecule has 1 heterocycles. The van der Waals surface area contributed by atoms with Gasteiger partial charge in [0.25, 0.3) is 0 Å². The molecule has 328 valence electrons. The zero-order chi connectivity index (χ0) is 44.5. The molecular weight excluding hydrogens is 789 g/mol. The van der Waals surface area contributed by atoms with Crippen molar-refractivity contribution in [3.05, 3.63) is 118 Å². The van der Waals surface area contributed by atoms with E-state index in [4.69, 9.17) is 32.8 Å². The maximum absolute atomic E-state index is 13.7. The van der Waals surface area contributed by atoms with E-state index in [0.29, 0.717) is 30.8 Å². The van der Waals surface area contributed by atoms with Crippen molar-refractivity contribution >= 4 is 34.4 Å². The fourth-order valence-electron chi connectivity index (χ4n) is 6.76. The van der Waals surface area contributed by atoms with Crippen molar-refractivity contribution in [2.75, 3.05) is 13.7 Å². The van der Waals surface area contributed by atoms with Crippen molar-refractivity contribution in [2.24, 2.45) is 0 Å². The van der Waals surface area contributed by atoms with Gasteiger partial charge < -0.3 is 32.8 Å². The Hall–Kier alpha value is -3.85. The summed E-state index contributed by atoms with van der Waals surface area (Å²) in [5.74, 6) is -1.01. The molecule has 1 aliphatic heterocycles. The van der Waals surface area contributed by atoms with Crippen LogP contribution in [0, 0.1) is 13.8 Å². The zero-order valence-corrected chi connectivity index (χ0v) is 40.5. The van der Waals surface area contributed by atoms with E-state index >= 15 is 0 Å². The Bertz CT molecular complexity index is 1920. The lowest BCUT2D eigenvalue weighted by atomic mass is 9.97. The minimum absolute atomic E-state index is 0.0214. The summed E-state index contributed by atoms with van der Waals surface area (Å²) in [7, 11) is -1.94. The van der Waals surface area contributed by atoms with E-state index in [1.165, 1.54) is 0 Å². The minimum atomic E-state index is -2.21. The third kappa shape index (κ3) is 14.4. The molecule has 1 aliphatic rings. The number of carbonyl (C=O) groups is 2. The van der Waals surface area contributed by atoms with E-state index in [1.807, 2.05) is 101 Å². The Morgan fingerprint density at radius 1 is 0.900 bits per heavy atom. The number of esters is 2. The molecule has 4 rings (SSSR count). The van der Waals surface area contributed by atoms with Gasteiger partial charge in [0.1, 0.15) is 24.1 Å². The topological polar surface area (TPSA) is 98.8 Å². The predicted octanol–water partition coefficient (Wildman–Crippen LogP) is 11.5. The molecule has 60 heavy (non-hydrogen) atoms. The molecule has 0 bridgehead atoms. The van der Waals surface area contributed by atoms with Crippen LogP contribution in [0.4, 0.5) is 0 Å². The molecule has 0 aliphatic carbocycles. The molecule has 1 fully saturated rings. The number of methoxy groups -OCH3 is 1. The van der Waals surface area contributed by atoms with Crippen LogP contribution in [0.3, 0.4) is 0 Å². The Morgan fingerprint density at radius 2 is 1.57 bits per heavy atom. The molecule has 9 nitrogen and oxygen atoms in total. The number of rotatable bonds is 19. The van der Waals surface area contributed by atoms with Crippen molar-refractivity contribution in [1.29, 1.82) is 0 Å². The van der Waals surface area contributed by atoms with Crippen LogP contribution in [0.5, 0.6) is 5.75 Å². The van der Waals surface area contributed by atoms with Crippen LogP contribution >= 0.6 is 0 Å². The predicted molar refractivity (Wildman–Crippen MR) is 246 cm³/mol. The van der Waals surface area contributed by atoms with Crippen LogP contribution in [0.15, 0.2) is 85.0 Å². The Morgan fingerprint density at radius 3 is 2.18 bits per heavy atom. The third-order valence-electron chi connectivity index (χ3n) is 11.1. The Labute approximate surface area is 361 Å². The summed E-state index contributed by atoms with van der Waals surface area (Å²) >= 11 is 0. The smallest absolute Gasteiger partial charge is 0.338 e. The van der Waals surface area contributed by atoms with Gasteiger partial charge in [-0.05, 0) is 112 Å². The number of ether oxygens (including phenoxy) is 6. The summed E-state index contributed by atoms with van der Waals surface area (Å²) in [5, 5.41) is -0.0214. The summed E-state index contributed by atoms with van der Waals surface area (Å²) in [6.45, 7) is 28.3. The van der Waals surface area contributed by atoms with Crippen LogP contribution in [-0.4, -0.2) is 78.4 Å². The molecular formula is C49H70O9Si2. The van der Waals surface area contributed by atoms with E-state index in [2.05, 4.69) is 53.5 Å². The molecule has 0 saturated carbocycles. The molecule has 0 spiro atoms. The second-order valence-electron chi connectivity index (χ2n) is 19.1. The fourth-order valence-corrected chi connectivity index (χ4v) is 8.89. The van der Waals surface area contributed by atoms with Crippen LogP contribution in [0.25, 0.3) is 6.08 Å². The van der Waals surface area contributed by atoms with Gasteiger partial charge in [-0.15, -0.1) is 0 Å². The average Bonchev–Trinajstić information content (AvgIpc) is 3.46. The largest absolute Gasteiger partial charge is 0.497 e. The Kier molecular flexibility index (Phi) is 16.9. The van der Waals surface area contributed by atoms with Gasteiger partial charge in [0.2, 0.25) is 0 Å². The SMILES string of the molecule is COc1ccc(CO[C@H](/C=C\C(OC(=O)c2ccccc2)[C@H]2OC(C)(C)O[C@H]2C/C=C/c2cc(C)cc(C)c2C(=O)OCC[Si](C)(C)C)[C@H](C)O[Si](C)(C)C(C)(C)C)cc1. The molecule has 3 aromatic rings. The number of aryl methyl sites for hydroxylation is 2. The lowest BCUT2D eigenvalue weighted by molar-refractivity contribution is -0.152. The van der Waals surface area contributed by atoms with Crippen molar-refractivity contribution in [1.82, 2.24) is 0 Å². The molecule has 1 unspecified atom stereocenters. The van der Waals surface area contributed by atoms with E-state index in [1.54, 1.807) is 31.4 Å². The van der Waals surface area contributed by atoms with Crippen LogP contribution in [-0.2, 0) is 34.7 Å². The van der Waals surface area contributed by atoms with Crippen molar-refractivity contribution in [3.8, 4) is 5.75 Å².